The van der Waals surface area contributed by atoms with Gasteiger partial charge in [0.15, 0.2) is 0 Å². The minimum Gasteiger partial charge on any atom is -0.178 e. The van der Waals surface area contributed by atoms with E-state index in [4.69, 9.17) is 0 Å². The lowest BCUT2D eigenvalue weighted by Gasteiger charge is -2.28. The summed E-state index contributed by atoms with van der Waals surface area (Å²) in [7, 11) is 0. The van der Waals surface area contributed by atoms with E-state index in [2.05, 4.69) is 37.9 Å². The molecule has 0 N–H and O–H groups in total. The minimum atomic E-state index is 0.277. The van der Waals surface area contributed by atoms with Crippen molar-refractivity contribution in [2.75, 3.05) is 28.8 Å². The summed E-state index contributed by atoms with van der Waals surface area (Å²) in [6, 6.07) is 0. The highest BCUT2D eigenvalue weighted by Crippen LogP contribution is 2.54. The average Bonchev–Trinajstić information content (AvgIpc) is 2.63. The van der Waals surface area contributed by atoms with Crippen LogP contribution in [0.25, 0.3) is 0 Å². The van der Waals surface area contributed by atoms with Crippen LogP contribution < -0.4 is 0 Å². The lowest BCUT2D eigenvalue weighted by atomic mass is 10.5. The highest BCUT2D eigenvalue weighted by atomic mass is 32.3. The SMILES string of the molecule is SCC(CS)SC1(CS)SCCS1. The molecule has 0 saturated carbocycles. The Kier molecular flexibility index (Phi) is 6.72. The van der Waals surface area contributed by atoms with Gasteiger partial charge in [-0.25, -0.2) is 0 Å². The van der Waals surface area contributed by atoms with Crippen LogP contribution in [0.15, 0.2) is 0 Å². The number of hydrogen-bond acceptors (Lipinski definition) is 6. The fraction of sp³-hybridized carbons (Fsp3) is 1.00. The summed E-state index contributed by atoms with van der Waals surface area (Å²) >= 11 is 19.2. The predicted molar refractivity (Wildman–Crippen MR) is 80.6 cm³/mol. The zero-order valence-corrected chi connectivity index (χ0v) is 12.3. The summed E-state index contributed by atoms with van der Waals surface area (Å²) in [5, 5.41) is 0.553. The molecule has 1 aliphatic heterocycles. The lowest BCUT2D eigenvalue weighted by Crippen LogP contribution is -2.21. The van der Waals surface area contributed by atoms with Crippen LogP contribution in [-0.2, 0) is 0 Å². The van der Waals surface area contributed by atoms with Crippen molar-refractivity contribution >= 4 is 73.2 Å². The van der Waals surface area contributed by atoms with Gasteiger partial charge in [-0.1, -0.05) is 0 Å². The Morgan fingerprint density at radius 3 is 2.08 bits per heavy atom. The van der Waals surface area contributed by atoms with Gasteiger partial charge in [0.05, 0.1) is 0 Å². The molecule has 0 aromatic heterocycles. The van der Waals surface area contributed by atoms with Crippen molar-refractivity contribution < 1.29 is 0 Å². The third-order valence-corrected chi connectivity index (χ3v) is 9.57. The van der Waals surface area contributed by atoms with Crippen molar-refractivity contribution in [1.29, 1.82) is 0 Å². The van der Waals surface area contributed by atoms with Gasteiger partial charge in [-0.15, -0.1) is 35.3 Å². The van der Waals surface area contributed by atoms with E-state index in [0.29, 0.717) is 5.25 Å². The van der Waals surface area contributed by atoms with E-state index >= 15 is 0 Å². The maximum Gasteiger partial charge on any atom is 0.116 e. The monoisotopic (exact) mass is 290 g/mol. The number of thiol groups is 3. The molecule has 78 valence electrons. The van der Waals surface area contributed by atoms with Gasteiger partial charge in [0.1, 0.15) is 3.41 Å². The smallest absolute Gasteiger partial charge is 0.116 e. The van der Waals surface area contributed by atoms with Crippen molar-refractivity contribution in [2.24, 2.45) is 0 Å². The highest BCUT2D eigenvalue weighted by molar-refractivity contribution is 8.36. The van der Waals surface area contributed by atoms with Crippen molar-refractivity contribution in [1.82, 2.24) is 0 Å². The van der Waals surface area contributed by atoms with Gasteiger partial charge in [-0.2, -0.15) is 37.9 Å². The molecule has 0 aromatic carbocycles. The molecule has 0 aromatic rings. The van der Waals surface area contributed by atoms with Crippen molar-refractivity contribution in [3.8, 4) is 0 Å². The molecule has 0 spiro atoms. The molecular weight excluding hydrogens is 276 g/mol. The van der Waals surface area contributed by atoms with E-state index in [1.807, 2.05) is 35.3 Å². The maximum absolute atomic E-state index is 4.44. The van der Waals surface area contributed by atoms with Crippen molar-refractivity contribution in [3.63, 3.8) is 0 Å². The Hall–Kier alpha value is 2.10. The van der Waals surface area contributed by atoms with E-state index in [0.717, 1.165) is 17.3 Å². The van der Waals surface area contributed by atoms with Crippen LogP contribution in [-0.4, -0.2) is 37.4 Å². The topological polar surface area (TPSA) is 0 Å². The number of rotatable bonds is 5. The Bertz CT molecular complexity index is 140. The molecule has 13 heavy (non-hydrogen) atoms. The highest BCUT2D eigenvalue weighted by Gasteiger charge is 2.36. The number of hydrogen-bond donors (Lipinski definition) is 3. The minimum absolute atomic E-state index is 0.277. The molecule has 0 atom stereocenters. The first-order valence-corrected chi connectivity index (χ1v) is 8.79. The molecule has 0 aliphatic carbocycles. The van der Waals surface area contributed by atoms with Gasteiger partial charge >= 0.3 is 0 Å². The second kappa shape index (κ2) is 6.63. The average molecular weight is 291 g/mol. The molecule has 1 saturated heterocycles. The van der Waals surface area contributed by atoms with Crippen molar-refractivity contribution in [2.45, 2.75) is 8.66 Å². The zero-order valence-electron chi connectivity index (χ0n) is 7.18. The van der Waals surface area contributed by atoms with Gasteiger partial charge < -0.3 is 0 Å². The van der Waals surface area contributed by atoms with Gasteiger partial charge in [-0.05, 0) is 0 Å². The van der Waals surface area contributed by atoms with Gasteiger partial charge in [0.25, 0.3) is 0 Å². The predicted octanol–water partition coefficient (Wildman–Crippen LogP) is 3.01. The Balaban J connectivity index is 2.46. The van der Waals surface area contributed by atoms with Crippen LogP contribution >= 0.6 is 73.2 Å². The molecule has 0 bridgehead atoms. The summed E-state index contributed by atoms with van der Waals surface area (Å²) in [6.45, 7) is 0. The molecule has 0 radical (unpaired) electrons. The Morgan fingerprint density at radius 1 is 1.15 bits per heavy atom. The standard InChI is InChI=1S/C7H14S6/c8-3-6(4-9)13-7(5-10)11-1-2-12-7/h6,8-10H,1-5H2. The first-order valence-electron chi connectivity index (χ1n) is 4.04. The summed E-state index contributed by atoms with van der Waals surface area (Å²) < 4.78 is 0.277. The van der Waals surface area contributed by atoms with Gasteiger partial charge in [0, 0.05) is 34.0 Å². The lowest BCUT2D eigenvalue weighted by molar-refractivity contribution is 1.14. The third-order valence-electron chi connectivity index (χ3n) is 1.67. The van der Waals surface area contributed by atoms with Crippen LogP contribution in [0.3, 0.4) is 0 Å². The molecule has 1 heterocycles. The molecule has 0 amide bonds. The quantitative estimate of drug-likeness (QED) is 0.667. The third kappa shape index (κ3) is 3.87. The fourth-order valence-corrected chi connectivity index (χ4v) is 7.60. The van der Waals surface area contributed by atoms with E-state index in [1.54, 1.807) is 0 Å². The molecular formula is C7H14S6. The zero-order chi connectivity index (χ0) is 9.73. The normalized spacial score (nSPS) is 21.2. The molecule has 6 heteroatoms. The Labute approximate surface area is 110 Å². The van der Waals surface area contributed by atoms with Gasteiger partial charge in [-0.3, -0.25) is 0 Å². The Morgan fingerprint density at radius 2 is 1.69 bits per heavy atom. The first kappa shape index (κ1) is 13.2. The second-order valence-corrected chi connectivity index (χ2v) is 8.85. The fourth-order valence-electron chi connectivity index (χ4n) is 1.02. The molecule has 0 unspecified atom stereocenters. The van der Waals surface area contributed by atoms with Crippen molar-refractivity contribution in [3.05, 3.63) is 0 Å². The summed E-state index contributed by atoms with van der Waals surface area (Å²) in [5.41, 5.74) is 0. The maximum atomic E-state index is 4.44. The van der Waals surface area contributed by atoms with E-state index in [9.17, 15) is 0 Å². The van der Waals surface area contributed by atoms with E-state index in [1.165, 1.54) is 11.5 Å². The van der Waals surface area contributed by atoms with Crippen LogP contribution in [0.1, 0.15) is 0 Å². The molecule has 1 fully saturated rings. The second-order valence-electron chi connectivity index (χ2n) is 2.64. The summed E-state index contributed by atoms with van der Waals surface area (Å²) in [5.74, 6) is 5.26. The largest absolute Gasteiger partial charge is 0.178 e. The molecule has 1 rings (SSSR count). The van der Waals surface area contributed by atoms with Gasteiger partial charge in [0.2, 0.25) is 0 Å². The van der Waals surface area contributed by atoms with E-state index < -0.39 is 0 Å². The van der Waals surface area contributed by atoms with Crippen LogP contribution in [0.2, 0.25) is 0 Å². The molecule has 0 nitrogen and oxygen atoms in total. The summed E-state index contributed by atoms with van der Waals surface area (Å²) in [4.78, 5) is 0. The first-order chi connectivity index (χ1) is 6.26. The van der Waals surface area contributed by atoms with E-state index in [-0.39, 0.29) is 3.41 Å². The van der Waals surface area contributed by atoms with Crippen LogP contribution in [0.5, 0.6) is 0 Å². The molecule has 1 aliphatic rings. The van der Waals surface area contributed by atoms with Crippen LogP contribution in [0, 0.1) is 0 Å². The van der Waals surface area contributed by atoms with Crippen LogP contribution in [0.4, 0.5) is 0 Å². The number of thioether (sulfide) groups is 3. The summed E-state index contributed by atoms with van der Waals surface area (Å²) in [6.07, 6.45) is 0.